The van der Waals surface area contributed by atoms with Crippen molar-refractivity contribution in [1.29, 1.82) is 0 Å². The number of esters is 1. The highest BCUT2D eigenvalue weighted by Gasteiger charge is 2.95. The fourth-order valence-electron chi connectivity index (χ4n) is 4.04. The normalized spacial score (nSPS) is 14.0. The Labute approximate surface area is 269 Å². The first-order chi connectivity index (χ1) is 22.7. The van der Waals surface area contributed by atoms with E-state index in [2.05, 4.69) is 0 Å². The van der Waals surface area contributed by atoms with E-state index in [0.29, 0.717) is 11.1 Å². The van der Waals surface area contributed by atoms with Crippen LogP contribution in [0.15, 0.2) is 78.9 Å². The fourth-order valence-corrected chi connectivity index (χ4v) is 4.04. The molecule has 0 aliphatic rings. The average Bonchev–Trinajstić information content (AvgIpc) is 3.03. The lowest BCUT2D eigenvalue weighted by molar-refractivity contribution is -0.461. The number of carbonyl (C=O) groups excluding carboxylic acids is 1. The summed E-state index contributed by atoms with van der Waals surface area (Å²) >= 11 is 0. The largest absolute Gasteiger partial charge is 0.494 e. The zero-order valence-corrected chi connectivity index (χ0v) is 24.3. The van der Waals surface area contributed by atoms with E-state index in [1.165, 1.54) is 60.7 Å². The van der Waals surface area contributed by atoms with Gasteiger partial charge < -0.3 is 9.47 Å². The molecule has 0 saturated heterocycles. The van der Waals surface area contributed by atoms with Gasteiger partial charge in [-0.25, -0.2) is 4.79 Å². The van der Waals surface area contributed by atoms with E-state index in [4.69, 9.17) is 9.47 Å². The van der Waals surface area contributed by atoms with Crippen molar-refractivity contribution in [1.82, 2.24) is 0 Å². The number of hydrogen-bond donors (Lipinski definition) is 0. The van der Waals surface area contributed by atoms with Crippen molar-refractivity contribution in [2.45, 2.75) is 60.5 Å². The Morgan fingerprint density at radius 2 is 0.880 bits per heavy atom. The maximum atomic E-state index is 14.1. The van der Waals surface area contributed by atoms with Gasteiger partial charge in [-0.05, 0) is 53.9 Å². The molecule has 276 valence electrons. The van der Waals surface area contributed by atoms with Crippen LogP contribution in [-0.4, -0.2) is 60.2 Å². The molecule has 0 atom stereocenters. The van der Waals surface area contributed by atoms with Gasteiger partial charge in [-0.1, -0.05) is 42.5 Å². The van der Waals surface area contributed by atoms with E-state index >= 15 is 0 Å². The van der Waals surface area contributed by atoms with Crippen LogP contribution in [-0.2, 0) is 0 Å². The monoisotopic (exact) mass is 750 g/mol. The summed E-state index contributed by atoms with van der Waals surface area (Å²) in [7, 11) is 0. The van der Waals surface area contributed by atoms with Crippen LogP contribution in [0, 0.1) is 0 Å². The first-order valence-corrected chi connectivity index (χ1v) is 13.5. The summed E-state index contributed by atoms with van der Waals surface area (Å²) in [6.45, 7) is -1.06. The zero-order chi connectivity index (χ0) is 38.2. The Bertz CT molecular complexity index is 1600. The summed E-state index contributed by atoms with van der Waals surface area (Å²) in [5, 5.41) is 0. The van der Waals surface area contributed by atoms with E-state index in [-0.39, 0.29) is 17.1 Å². The molecule has 3 nitrogen and oxygen atoms in total. The summed E-state index contributed by atoms with van der Waals surface area (Å²) < 4.78 is 238. The van der Waals surface area contributed by atoms with Crippen molar-refractivity contribution in [2.24, 2.45) is 0 Å². The summed E-state index contributed by atoms with van der Waals surface area (Å²) in [4.78, 5) is 12.1. The van der Waals surface area contributed by atoms with Crippen LogP contribution in [0.5, 0.6) is 11.5 Å². The van der Waals surface area contributed by atoms with E-state index in [1.54, 1.807) is 18.2 Å². The number of alkyl halides is 17. The summed E-state index contributed by atoms with van der Waals surface area (Å²) in [6.07, 6.45) is -11.8. The molecular formula is C30H19F17O3. The first kappa shape index (κ1) is 40.2. The Kier molecular flexibility index (Phi) is 10.8. The molecule has 0 bridgehead atoms. The Hall–Kier alpha value is -4.26. The van der Waals surface area contributed by atoms with Crippen molar-refractivity contribution >= 4 is 5.97 Å². The van der Waals surface area contributed by atoms with Crippen LogP contribution >= 0.6 is 0 Å². The summed E-state index contributed by atoms with van der Waals surface area (Å²) in [6, 6.07) is 19.1. The molecule has 0 fully saturated rings. The second kappa shape index (κ2) is 13.5. The second-order valence-corrected chi connectivity index (χ2v) is 10.4. The number of ether oxygens (including phenoxy) is 2. The van der Waals surface area contributed by atoms with Gasteiger partial charge in [-0.3, -0.25) is 0 Å². The number of halogens is 17. The van der Waals surface area contributed by atoms with Crippen LogP contribution in [0.1, 0.15) is 23.2 Å². The predicted octanol–water partition coefficient (Wildman–Crippen LogP) is 10.7. The van der Waals surface area contributed by atoms with Gasteiger partial charge >= 0.3 is 53.6 Å². The number of hydrogen-bond acceptors (Lipinski definition) is 3. The number of rotatable bonds is 14. The molecule has 0 unspecified atom stereocenters. The van der Waals surface area contributed by atoms with E-state index < -0.39 is 73.1 Å². The Morgan fingerprint density at radius 1 is 0.480 bits per heavy atom. The standard InChI is InChI=1S/C30H19F17O3/c31-23(32,24(33,34)25(35,36)26(37,38)27(39,40)28(41,42)29(43,44)30(45,46)47)15-4-16-49-20-11-7-17(8-12-20)18-9-13-21(14-10-18)50-22(48)19-5-2-1-3-6-19/h1-3,5-14H,4,15-16H2. The molecule has 3 aromatic rings. The van der Waals surface area contributed by atoms with Crippen molar-refractivity contribution in [2.75, 3.05) is 6.61 Å². The highest BCUT2D eigenvalue weighted by Crippen LogP contribution is 2.64. The lowest BCUT2D eigenvalue weighted by atomic mass is 9.88. The Morgan fingerprint density at radius 3 is 1.32 bits per heavy atom. The van der Waals surface area contributed by atoms with Gasteiger partial charge in [-0.15, -0.1) is 0 Å². The number of carbonyl (C=O) groups is 1. The highest BCUT2D eigenvalue weighted by molar-refractivity contribution is 5.91. The molecule has 20 heteroatoms. The molecule has 0 aliphatic heterocycles. The van der Waals surface area contributed by atoms with E-state index in [9.17, 15) is 79.4 Å². The highest BCUT2D eigenvalue weighted by atomic mass is 19.4. The minimum atomic E-state index is -8.66. The SMILES string of the molecule is O=C(Oc1ccc(-c2ccc(OCCCC(F)(F)C(F)(F)C(F)(F)C(F)(F)C(F)(F)C(F)(F)C(F)(F)C(F)(F)F)cc2)cc1)c1ccccc1. The third-order valence-corrected chi connectivity index (χ3v) is 6.95. The molecule has 0 amide bonds. The first-order valence-electron chi connectivity index (χ1n) is 13.5. The van der Waals surface area contributed by atoms with Crippen LogP contribution in [0.25, 0.3) is 11.1 Å². The van der Waals surface area contributed by atoms with Gasteiger partial charge in [0.25, 0.3) is 0 Å². The van der Waals surface area contributed by atoms with Crippen molar-refractivity contribution in [3.63, 3.8) is 0 Å². The molecule has 0 aliphatic carbocycles. The third-order valence-electron chi connectivity index (χ3n) is 6.95. The summed E-state index contributed by atoms with van der Waals surface area (Å²) in [5.41, 5.74) is 1.32. The lowest BCUT2D eigenvalue weighted by Gasteiger charge is -2.42. The van der Waals surface area contributed by atoms with Crippen molar-refractivity contribution in [3.05, 3.63) is 84.4 Å². The van der Waals surface area contributed by atoms with Crippen molar-refractivity contribution < 1.29 is 88.9 Å². The van der Waals surface area contributed by atoms with Gasteiger partial charge in [0.05, 0.1) is 12.2 Å². The smallest absolute Gasteiger partial charge is 0.460 e. The molecule has 50 heavy (non-hydrogen) atoms. The quantitative estimate of drug-likeness (QED) is 0.0713. The maximum Gasteiger partial charge on any atom is 0.460 e. The topological polar surface area (TPSA) is 35.5 Å². The molecule has 0 radical (unpaired) electrons. The van der Waals surface area contributed by atoms with Crippen LogP contribution < -0.4 is 9.47 Å². The molecule has 3 aromatic carbocycles. The van der Waals surface area contributed by atoms with Crippen LogP contribution in [0.4, 0.5) is 74.6 Å². The minimum absolute atomic E-state index is 0.165. The second-order valence-electron chi connectivity index (χ2n) is 10.4. The van der Waals surface area contributed by atoms with Gasteiger partial charge in [-0.2, -0.15) is 74.6 Å². The molecule has 0 aromatic heterocycles. The van der Waals surface area contributed by atoms with E-state index in [1.807, 2.05) is 0 Å². The van der Waals surface area contributed by atoms with Crippen molar-refractivity contribution in [3.8, 4) is 22.6 Å². The number of benzene rings is 3. The van der Waals surface area contributed by atoms with Gasteiger partial charge in [0.15, 0.2) is 0 Å². The maximum absolute atomic E-state index is 14.1. The zero-order valence-electron chi connectivity index (χ0n) is 24.3. The van der Waals surface area contributed by atoms with Gasteiger partial charge in [0, 0.05) is 6.42 Å². The third kappa shape index (κ3) is 7.01. The molecular weight excluding hydrogens is 731 g/mol. The Balaban J connectivity index is 1.64. The molecule has 0 N–H and O–H groups in total. The van der Waals surface area contributed by atoms with E-state index in [0.717, 1.165) is 0 Å². The molecule has 0 saturated carbocycles. The molecule has 0 heterocycles. The minimum Gasteiger partial charge on any atom is -0.494 e. The van der Waals surface area contributed by atoms with Gasteiger partial charge in [0.2, 0.25) is 0 Å². The lowest BCUT2D eigenvalue weighted by Crippen LogP contribution is -2.74. The predicted molar refractivity (Wildman–Crippen MR) is 139 cm³/mol. The van der Waals surface area contributed by atoms with Crippen LogP contribution in [0.3, 0.4) is 0 Å². The average molecular weight is 750 g/mol. The fraction of sp³-hybridized carbons (Fsp3) is 0.367. The summed E-state index contributed by atoms with van der Waals surface area (Å²) in [5.74, 6) is -57.1. The molecule has 3 rings (SSSR count). The molecule has 0 spiro atoms. The van der Waals surface area contributed by atoms with Gasteiger partial charge in [0.1, 0.15) is 11.5 Å². The van der Waals surface area contributed by atoms with Crippen LogP contribution in [0.2, 0.25) is 0 Å².